The summed E-state index contributed by atoms with van der Waals surface area (Å²) in [6, 6.07) is 0. The van der Waals surface area contributed by atoms with E-state index in [1.54, 1.807) is 0 Å². The molecule has 0 radical (unpaired) electrons. The first-order valence-electron chi connectivity index (χ1n) is 6.06. The molecule has 1 unspecified atom stereocenters. The minimum Gasteiger partial charge on any atom is -0.393 e. The van der Waals surface area contributed by atoms with Gasteiger partial charge in [-0.05, 0) is 50.0 Å². The van der Waals surface area contributed by atoms with E-state index in [4.69, 9.17) is 5.73 Å². The van der Waals surface area contributed by atoms with E-state index in [-0.39, 0.29) is 17.4 Å². The number of rotatable bonds is 2. The van der Waals surface area contributed by atoms with Gasteiger partial charge in [0.15, 0.2) is 9.84 Å². The molecule has 3 N–H and O–H groups in total. The maximum absolute atomic E-state index is 11.5. The van der Waals surface area contributed by atoms with Crippen LogP contribution in [-0.4, -0.2) is 37.7 Å². The highest BCUT2D eigenvalue weighted by molar-refractivity contribution is 7.91. The second-order valence-electron chi connectivity index (χ2n) is 5.40. The minimum absolute atomic E-state index is 0.0250. The van der Waals surface area contributed by atoms with E-state index >= 15 is 0 Å². The fourth-order valence-corrected chi connectivity index (χ4v) is 5.18. The predicted molar refractivity (Wildman–Crippen MR) is 62.7 cm³/mol. The molecule has 0 spiro atoms. The van der Waals surface area contributed by atoms with E-state index in [0.29, 0.717) is 18.1 Å². The first-order valence-corrected chi connectivity index (χ1v) is 7.88. The van der Waals surface area contributed by atoms with Gasteiger partial charge < -0.3 is 10.8 Å². The summed E-state index contributed by atoms with van der Waals surface area (Å²) in [6.07, 6.45) is 3.85. The number of nitrogens with two attached hydrogens (primary N) is 1. The number of hydrogen-bond donors (Lipinski definition) is 2. The van der Waals surface area contributed by atoms with E-state index in [2.05, 4.69) is 0 Å². The highest BCUT2D eigenvalue weighted by atomic mass is 32.2. The van der Waals surface area contributed by atoms with E-state index < -0.39 is 9.84 Å². The molecule has 1 saturated heterocycles. The average molecular weight is 247 g/mol. The summed E-state index contributed by atoms with van der Waals surface area (Å²) in [6.45, 7) is 0.555. The fourth-order valence-electron chi connectivity index (χ4n) is 3.23. The molecule has 1 heterocycles. The molecule has 1 aliphatic heterocycles. The number of aliphatic hydroxyl groups excluding tert-OH is 1. The van der Waals surface area contributed by atoms with E-state index in [9.17, 15) is 13.5 Å². The van der Waals surface area contributed by atoms with Crippen LogP contribution in [0.4, 0.5) is 0 Å². The highest BCUT2D eigenvalue weighted by Crippen LogP contribution is 2.46. The Morgan fingerprint density at radius 1 is 1.25 bits per heavy atom. The third-order valence-electron chi connectivity index (χ3n) is 4.46. The summed E-state index contributed by atoms with van der Waals surface area (Å²) < 4.78 is 23.0. The molecule has 2 rings (SSSR count). The Hall–Kier alpha value is -0.130. The van der Waals surface area contributed by atoms with Gasteiger partial charge in [-0.25, -0.2) is 8.42 Å². The average Bonchev–Trinajstić information content (AvgIpc) is 2.61. The van der Waals surface area contributed by atoms with Crippen LogP contribution in [0, 0.1) is 11.3 Å². The van der Waals surface area contributed by atoms with Crippen molar-refractivity contribution in [2.24, 2.45) is 17.1 Å². The molecular formula is C11H21NO3S. The van der Waals surface area contributed by atoms with Gasteiger partial charge in [0.1, 0.15) is 0 Å². The van der Waals surface area contributed by atoms with Crippen molar-refractivity contribution in [1.29, 1.82) is 0 Å². The summed E-state index contributed by atoms with van der Waals surface area (Å²) >= 11 is 0. The molecule has 0 aromatic rings. The van der Waals surface area contributed by atoms with Crippen molar-refractivity contribution in [3.05, 3.63) is 0 Å². The Morgan fingerprint density at radius 3 is 2.31 bits per heavy atom. The van der Waals surface area contributed by atoms with Gasteiger partial charge in [-0.1, -0.05) is 0 Å². The van der Waals surface area contributed by atoms with Gasteiger partial charge in [-0.15, -0.1) is 0 Å². The van der Waals surface area contributed by atoms with Crippen LogP contribution in [0.25, 0.3) is 0 Å². The third kappa shape index (κ3) is 2.26. The fraction of sp³-hybridized carbons (Fsp3) is 1.00. The maximum Gasteiger partial charge on any atom is 0.150 e. The Kier molecular flexibility index (Phi) is 3.29. The molecule has 0 aromatic heterocycles. The second-order valence-corrected chi connectivity index (χ2v) is 7.63. The van der Waals surface area contributed by atoms with Gasteiger partial charge in [-0.2, -0.15) is 0 Å². The molecule has 1 saturated carbocycles. The summed E-state index contributed by atoms with van der Waals surface area (Å²) in [5.74, 6) is 0.845. The molecule has 5 heteroatoms. The highest BCUT2D eigenvalue weighted by Gasteiger charge is 2.45. The van der Waals surface area contributed by atoms with Crippen LogP contribution in [0.2, 0.25) is 0 Å². The van der Waals surface area contributed by atoms with Crippen molar-refractivity contribution in [2.45, 2.75) is 38.2 Å². The van der Waals surface area contributed by atoms with Crippen LogP contribution >= 0.6 is 0 Å². The summed E-state index contributed by atoms with van der Waals surface area (Å²) in [4.78, 5) is 0. The van der Waals surface area contributed by atoms with Gasteiger partial charge in [0.25, 0.3) is 0 Å². The molecule has 0 amide bonds. The Bertz CT molecular complexity index is 344. The van der Waals surface area contributed by atoms with E-state index in [1.807, 2.05) is 0 Å². The van der Waals surface area contributed by atoms with Crippen molar-refractivity contribution in [3.8, 4) is 0 Å². The molecule has 1 atom stereocenters. The lowest BCUT2D eigenvalue weighted by atomic mass is 9.65. The predicted octanol–water partition coefficient (Wildman–Crippen LogP) is 0.301. The molecule has 2 aliphatic rings. The normalized spacial score (nSPS) is 43.4. The van der Waals surface area contributed by atoms with Gasteiger partial charge in [0, 0.05) is 0 Å². The first-order chi connectivity index (χ1) is 7.47. The molecular weight excluding hydrogens is 226 g/mol. The maximum atomic E-state index is 11.5. The minimum atomic E-state index is -2.82. The molecule has 16 heavy (non-hydrogen) atoms. The van der Waals surface area contributed by atoms with E-state index in [0.717, 1.165) is 32.1 Å². The number of hydrogen-bond acceptors (Lipinski definition) is 4. The van der Waals surface area contributed by atoms with E-state index in [1.165, 1.54) is 0 Å². The molecule has 94 valence electrons. The van der Waals surface area contributed by atoms with Crippen molar-refractivity contribution < 1.29 is 13.5 Å². The first kappa shape index (κ1) is 12.3. The van der Waals surface area contributed by atoms with Gasteiger partial charge in [-0.3, -0.25) is 0 Å². The van der Waals surface area contributed by atoms with Crippen molar-refractivity contribution in [3.63, 3.8) is 0 Å². The Labute approximate surface area is 97.1 Å². The van der Waals surface area contributed by atoms with Crippen LogP contribution in [0.1, 0.15) is 32.1 Å². The smallest absolute Gasteiger partial charge is 0.150 e. The zero-order valence-corrected chi connectivity index (χ0v) is 10.4. The largest absolute Gasteiger partial charge is 0.393 e. The van der Waals surface area contributed by atoms with Gasteiger partial charge in [0.05, 0.1) is 17.6 Å². The molecule has 1 aliphatic carbocycles. The summed E-state index contributed by atoms with van der Waals surface area (Å²) in [5.41, 5.74) is 5.85. The van der Waals surface area contributed by atoms with Crippen molar-refractivity contribution >= 4 is 9.84 Å². The van der Waals surface area contributed by atoms with Crippen LogP contribution in [-0.2, 0) is 9.84 Å². The summed E-state index contributed by atoms with van der Waals surface area (Å²) in [7, 11) is -2.82. The van der Waals surface area contributed by atoms with Gasteiger partial charge in [0.2, 0.25) is 0 Å². The standard InChI is InChI=1S/C11H21NO3S/c12-8-11(4-1-10(13)2-5-11)9-3-6-16(14,15)7-9/h9-10,13H,1-8,12H2. The van der Waals surface area contributed by atoms with Gasteiger partial charge >= 0.3 is 0 Å². The lowest BCUT2D eigenvalue weighted by molar-refractivity contribution is 0.0371. The monoisotopic (exact) mass is 247 g/mol. The molecule has 4 nitrogen and oxygen atoms in total. The summed E-state index contributed by atoms with van der Waals surface area (Å²) in [5, 5.41) is 9.52. The Balaban J connectivity index is 2.11. The van der Waals surface area contributed by atoms with Crippen molar-refractivity contribution in [2.75, 3.05) is 18.1 Å². The molecule has 0 aromatic carbocycles. The quantitative estimate of drug-likeness (QED) is 0.735. The third-order valence-corrected chi connectivity index (χ3v) is 6.22. The lowest BCUT2D eigenvalue weighted by Gasteiger charge is -2.42. The van der Waals surface area contributed by atoms with Crippen LogP contribution in [0.15, 0.2) is 0 Å². The number of sulfone groups is 1. The van der Waals surface area contributed by atoms with Crippen LogP contribution in [0.5, 0.6) is 0 Å². The number of aliphatic hydroxyl groups is 1. The SMILES string of the molecule is NCC1(C2CCS(=O)(=O)C2)CCC(O)CC1. The second kappa shape index (κ2) is 4.27. The molecule has 2 fully saturated rings. The van der Waals surface area contributed by atoms with Crippen molar-refractivity contribution in [1.82, 2.24) is 0 Å². The zero-order chi connectivity index (χ0) is 11.8. The Morgan fingerprint density at radius 2 is 1.88 bits per heavy atom. The lowest BCUT2D eigenvalue weighted by Crippen LogP contribution is -2.42. The topological polar surface area (TPSA) is 80.4 Å². The molecule has 0 bridgehead atoms. The van der Waals surface area contributed by atoms with Crippen LogP contribution in [0.3, 0.4) is 0 Å². The zero-order valence-electron chi connectivity index (χ0n) is 9.56. The van der Waals surface area contributed by atoms with Crippen LogP contribution < -0.4 is 5.73 Å².